The van der Waals surface area contributed by atoms with E-state index >= 15 is 0 Å². The molecular formula is C20H27NO4. The molecule has 0 unspecified atom stereocenters. The molecule has 1 saturated carbocycles. The number of esters is 1. The van der Waals surface area contributed by atoms with Crippen molar-refractivity contribution in [2.24, 2.45) is 17.8 Å². The number of rotatable bonds is 5. The van der Waals surface area contributed by atoms with Gasteiger partial charge in [-0.2, -0.15) is 0 Å². The Balaban J connectivity index is 2.02. The van der Waals surface area contributed by atoms with Gasteiger partial charge in [-0.25, -0.2) is 4.79 Å². The lowest BCUT2D eigenvalue weighted by Crippen LogP contribution is -2.38. The smallest absolute Gasteiger partial charge is 0.358 e. The van der Waals surface area contributed by atoms with Gasteiger partial charge in [-0.1, -0.05) is 45.4 Å². The predicted molar refractivity (Wildman–Crippen MR) is 95.8 cm³/mol. The zero-order valence-electron chi connectivity index (χ0n) is 15.1. The first-order valence-corrected chi connectivity index (χ1v) is 8.84. The monoisotopic (exact) mass is 345 g/mol. The fourth-order valence-electron chi connectivity index (χ4n) is 3.37. The maximum absolute atomic E-state index is 12.4. The number of hydrogen-bond acceptors (Lipinski definition) is 4. The summed E-state index contributed by atoms with van der Waals surface area (Å²) in [7, 11) is 0. The van der Waals surface area contributed by atoms with Crippen LogP contribution in [0.1, 0.15) is 50.4 Å². The van der Waals surface area contributed by atoms with Gasteiger partial charge in [0.25, 0.3) is 5.91 Å². The molecule has 25 heavy (non-hydrogen) atoms. The van der Waals surface area contributed by atoms with Gasteiger partial charge in [0, 0.05) is 5.56 Å². The number of carbonyl (C=O) groups is 2. The quantitative estimate of drug-likeness (QED) is 0.483. The van der Waals surface area contributed by atoms with Crippen LogP contribution in [0.2, 0.25) is 0 Å². The molecular weight excluding hydrogens is 318 g/mol. The summed E-state index contributed by atoms with van der Waals surface area (Å²) in [6.07, 6.45) is 3.36. The zero-order valence-corrected chi connectivity index (χ0v) is 15.1. The zero-order chi connectivity index (χ0) is 18.4. The fraction of sp³-hybridized carbons (Fsp3) is 0.500. The summed E-state index contributed by atoms with van der Waals surface area (Å²) in [5, 5.41) is 11.8. The summed E-state index contributed by atoms with van der Waals surface area (Å²) >= 11 is 0. The normalized spacial score (nSPS) is 24.0. The minimum absolute atomic E-state index is 0.195. The van der Waals surface area contributed by atoms with Crippen LogP contribution in [0, 0.1) is 17.8 Å². The van der Waals surface area contributed by atoms with E-state index in [1.54, 1.807) is 30.3 Å². The number of aliphatic hydroxyl groups is 1. The molecule has 1 fully saturated rings. The second kappa shape index (κ2) is 8.70. The number of ether oxygens (including phenoxy) is 1. The Hall–Kier alpha value is -2.30. The highest BCUT2D eigenvalue weighted by Gasteiger charge is 2.34. The van der Waals surface area contributed by atoms with E-state index < -0.39 is 11.9 Å². The van der Waals surface area contributed by atoms with Crippen molar-refractivity contribution in [3.63, 3.8) is 0 Å². The third kappa shape index (κ3) is 5.08. The Morgan fingerprint density at radius 1 is 1.24 bits per heavy atom. The predicted octanol–water partition coefficient (Wildman–Crippen LogP) is 3.82. The van der Waals surface area contributed by atoms with Gasteiger partial charge in [0.2, 0.25) is 0 Å². The molecule has 5 nitrogen and oxygen atoms in total. The third-order valence-electron chi connectivity index (χ3n) is 4.85. The number of nitrogens with one attached hydrogen (secondary N) is 1. The van der Waals surface area contributed by atoms with E-state index in [2.05, 4.69) is 26.1 Å². The average Bonchev–Trinajstić information content (AvgIpc) is 2.59. The van der Waals surface area contributed by atoms with Gasteiger partial charge < -0.3 is 15.2 Å². The topological polar surface area (TPSA) is 75.6 Å². The lowest BCUT2D eigenvalue weighted by Gasteiger charge is -2.36. The van der Waals surface area contributed by atoms with Gasteiger partial charge in [0.1, 0.15) is 12.4 Å². The van der Waals surface area contributed by atoms with Crippen molar-refractivity contribution in [1.29, 1.82) is 0 Å². The van der Waals surface area contributed by atoms with Gasteiger partial charge in [-0.15, -0.1) is 0 Å². The largest absolute Gasteiger partial charge is 0.513 e. The van der Waals surface area contributed by atoms with Gasteiger partial charge >= 0.3 is 5.97 Å². The highest BCUT2D eigenvalue weighted by molar-refractivity contribution is 6.00. The Bertz CT molecular complexity index is 624. The van der Waals surface area contributed by atoms with E-state index in [0.717, 1.165) is 19.3 Å². The molecule has 0 aliphatic heterocycles. The lowest BCUT2D eigenvalue weighted by atomic mass is 9.75. The van der Waals surface area contributed by atoms with Crippen molar-refractivity contribution in [3.8, 4) is 0 Å². The van der Waals surface area contributed by atoms with Crippen molar-refractivity contribution in [1.82, 2.24) is 5.32 Å². The first-order chi connectivity index (χ1) is 11.9. The maximum Gasteiger partial charge on any atom is 0.358 e. The Labute approximate surface area is 149 Å². The molecule has 1 aliphatic rings. The van der Waals surface area contributed by atoms with Crippen LogP contribution in [0.25, 0.3) is 0 Å². The van der Waals surface area contributed by atoms with E-state index in [-0.39, 0.29) is 11.8 Å². The Morgan fingerprint density at radius 2 is 1.92 bits per heavy atom. The van der Waals surface area contributed by atoms with E-state index in [4.69, 9.17) is 4.74 Å². The highest BCUT2D eigenvalue weighted by Crippen LogP contribution is 2.35. The number of hydrogen-bond donors (Lipinski definition) is 2. The van der Waals surface area contributed by atoms with Crippen LogP contribution in [0.5, 0.6) is 0 Å². The van der Waals surface area contributed by atoms with Crippen LogP contribution < -0.4 is 5.32 Å². The lowest BCUT2D eigenvalue weighted by molar-refractivity contribution is -0.151. The molecule has 1 amide bonds. The molecule has 1 aromatic carbocycles. The van der Waals surface area contributed by atoms with Crippen molar-refractivity contribution < 1.29 is 19.4 Å². The van der Waals surface area contributed by atoms with Gasteiger partial charge in [-0.05, 0) is 42.7 Å². The van der Waals surface area contributed by atoms with Gasteiger partial charge in [0.05, 0.1) is 0 Å². The molecule has 1 aliphatic carbocycles. The summed E-state index contributed by atoms with van der Waals surface area (Å²) < 4.78 is 5.64. The molecule has 136 valence electrons. The number of carbonyl (C=O) groups excluding carboxylic acids is 2. The molecule has 0 spiro atoms. The average molecular weight is 345 g/mol. The molecule has 0 heterocycles. The van der Waals surface area contributed by atoms with Crippen molar-refractivity contribution in [3.05, 3.63) is 47.9 Å². The summed E-state index contributed by atoms with van der Waals surface area (Å²) in [6.45, 7) is 6.40. The van der Waals surface area contributed by atoms with Crippen LogP contribution in [0.15, 0.2) is 42.3 Å². The minimum atomic E-state index is -0.698. The van der Waals surface area contributed by atoms with Crippen molar-refractivity contribution in [2.75, 3.05) is 0 Å². The van der Waals surface area contributed by atoms with E-state index in [1.165, 1.54) is 0 Å². The molecule has 0 radical (unpaired) electrons. The summed E-state index contributed by atoms with van der Waals surface area (Å²) in [5.74, 6) is 0.0377. The van der Waals surface area contributed by atoms with Crippen LogP contribution in [-0.4, -0.2) is 23.1 Å². The highest BCUT2D eigenvalue weighted by atomic mass is 16.5. The number of benzene rings is 1. The molecule has 2 rings (SSSR count). The summed E-state index contributed by atoms with van der Waals surface area (Å²) in [5.41, 5.74) is 0.163. The number of aliphatic hydroxyl groups excluding tert-OH is 1. The van der Waals surface area contributed by atoms with E-state index in [1.807, 2.05) is 0 Å². The maximum atomic E-state index is 12.4. The third-order valence-corrected chi connectivity index (χ3v) is 4.85. The standard InChI is InChI=1S/C20H27NO4/c1-13(2)16-10-9-14(3)11-18(16)25-20(24)17(12-22)21-19(23)15-7-5-4-6-8-15/h4-8,12-14,16,18,22H,9-11H2,1-3H3,(H,21,23)/b17-12-/t14-,16+,18-/m0/s1. The SMILES string of the molecule is CC(C)[C@H]1CC[C@H](C)C[C@@H]1OC(=O)/C(=C/O)NC(=O)c1ccccc1. The first kappa shape index (κ1) is 19.0. The summed E-state index contributed by atoms with van der Waals surface area (Å²) in [4.78, 5) is 24.6. The number of amides is 1. The van der Waals surface area contributed by atoms with Crippen LogP contribution in [0.3, 0.4) is 0 Å². The van der Waals surface area contributed by atoms with Crippen LogP contribution in [0.4, 0.5) is 0 Å². The van der Waals surface area contributed by atoms with Crippen LogP contribution >= 0.6 is 0 Å². The molecule has 0 bridgehead atoms. The molecule has 3 atom stereocenters. The molecule has 1 aromatic rings. The minimum Gasteiger partial charge on any atom is -0.513 e. The molecule has 0 aromatic heterocycles. The Morgan fingerprint density at radius 3 is 2.52 bits per heavy atom. The van der Waals surface area contributed by atoms with Crippen LogP contribution in [-0.2, 0) is 9.53 Å². The van der Waals surface area contributed by atoms with Gasteiger partial charge in [0.15, 0.2) is 5.70 Å². The summed E-state index contributed by atoms with van der Waals surface area (Å²) in [6, 6.07) is 8.52. The van der Waals surface area contributed by atoms with Crippen molar-refractivity contribution >= 4 is 11.9 Å². The fourth-order valence-corrected chi connectivity index (χ4v) is 3.37. The molecule has 5 heteroatoms. The second-order valence-electron chi connectivity index (χ2n) is 7.13. The second-order valence-corrected chi connectivity index (χ2v) is 7.13. The van der Waals surface area contributed by atoms with Crippen molar-refractivity contribution in [2.45, 2.75) is 46.1 Å². The first-order valence-electron chi connectivity index (χ1n) is 8.84. The van der Waals surface area contributed by atoms with E-state index in [0.29, 0.717) is 29.6 Å². The molecule has 0 saturated heterocycles. The molecule has 2 N–H and O–H groups in total. The van der Waals surface area contributed by atoms with Gasteiger partial charge in [-0.3, -0.25) is 4.79 Å². The van der Waals surface area contributed by atoms with E-state index in [9.17, 15) is 14.7 Å². The Kier molecular flexibility index (Phi) is 6.62.